The van der Waals surface area contributed by atoms with Crippen molar-refractivity contribution >= 4 is 17.8 Å². The minimum Gasteiger partial charge on any atom is -0.380 e. The molecule has 1 aliphatic heterocycles. The number of anilines is 3. The number of piperidine rings is 1. The number of aromatic nitrogens is 3. The van der Waals surface area contributed by atoms with Crippen LogP contribution in [0.1, 0.15) is 56.1 Å². The maximum atomic E-state index is 12.1. The third-order valence-corrected chi connectivity index (χ3v) is 8.45. The van der Waals surface area contributed by atoms with Crippen molar-refractivity contribution in [2.45, 2.75) is 56.1 Å². The summed E-state index contributed by atoms with van der Waals surface area (Å²) in [5.41, 5.74) is 0.275. The number of likely N-dealkylation sites (tertiary alicyclic amines) is 1. The molecule has 0 bridgehead atoms. The quantitative estimate of drug-likeness (QED) is 0.292. The van der Waals surface area contributed by atoms with Crippen molar-refractivity contribution in [3.63, 3.8) is 0 Å². The molecular weight excluding hydrogens is 500 g/mol. The average molecular weight is 541 g/mol. The fraction of sp³-hybridized carbons (Fsp3) is 0.484. The molecule has 40 heavy (non-hydrogen) atoms. The van der Waals surface area contributed by atoms with Gasteiger partial charge in [-0.15, -0.1) is 0 Å². The van der Waals surface area contributed by atoms with Gasteiger partial charge in [-0.3, -0.25) is 0 Å². The van der Waals surface area contributed by atoms with Gasteiger partial charge in [-0.25, -0.2) is 0 Å². The molecule has 2 fully saturated rings. The predicted molar refractivity (Wildman–Crippen MR) is 158 cm³/mol. The molecule has 0 amide bonds. The normalized spacial score (nSPS) is 18.0. The van der Waals surface area contributed by atoms with Crippen molar-refractivity contribution in [2.24, 2.45) is 5.92 Å². The minimum atomic E-state index is -1.01. The van der Waals surface area contributed by atoms with Crippen LogP contribution in [-0.4, -0.2) is 63.7 Å². The zero-order valence-corrected chi connectivity index (χ0v) is 23.3. The van der Waals surface area contributed by atoms with Crippen molar-refractivity contribution < 1.29 is 5.11 Å². The summed E-state index contributed by atoms with van der Waals surface area (Å²) in [7, 11) is 1.78. The predicted octanol–water partition coefficient (Wildman–Crippen LogP) is 4.61. The standard InChI is InChI=1S/C31H40N8O/c1-33-27-35-28(37-29(36-27)38-30(23-32)17-9-4-10-18-30)34-19-22-39-20-15-26(16-21-39)31(40,24-11-5-2-6-12-24)25-13-7-3-8-14-25/h2-3,5-8,11-14,26,40H,4,9-10,15-22H2,1H3,(H3,33,34,35,36,37,38). The Balaban J connectivity index is 1.19. The zero-order chi connectivity index (χ0) is 27.8. The highest BCUT2D eigenvalue weighted by molar-refractivity contribution is 5.45. The number of nitriles is 1. The Labute approximate surface area is 237 Å². The van der Waals surface area contributed by atoms with Gasteiger partial charge in [-0.05, 0) is 55.8 Å². The van der Waals surface area contributed by atoms with Gasteiger partial charge in [-0.1, -0.05) is 79.9 Å². The lowest BCUT2D eigenvalue weighted by Crippen LogP contribution is -2.45. The topological polar surface area (TPSA) is 122 Å². The first kappa shape index (κ1) is 27.8. The second-order valence-electron chi connectivity index (χ2n) is 11.0. The van der Waals surface area contributed by atoms with E-state index in [4.69, 9.17) is 0 Å². The largest absolute Gasteiger partial charge is 0.380 e. The molecule has 9 nitrogen and oxygen atoms in total. The van der Waals surface area contributed by atoms with E-state index < -0.39 is 11.1 Å². The molecule has 0 spiro atoms. The molecule has 1 saturated heterocycles. The maximum absolute atomic E-state index is 12.1. The van der Waals surface area contributed by atoms with E-state index in [9.17, 15) is 10.4 Å². The summed E-state index contributed by atoms with van der Waals surface area (Å²) in [6.07, 6.45) is 6.62. The van der Waals surface area contributed by atoms with Crippen LogP contribution in [0.3, 0.4) is 0 Å². The van der Waals surface area contributed by atoms with Crippen molar-refractivity contribution in [3.8, 4) is 6.07 Å². The Morgan fingerprint density at radius 2 is 1.48 bits per heavy atom. The van der Waals surface area contributed by atoms with Gasteiger partial charge in [0.1, 0.15) is 11.1 Å². The Morgan fingerprint density at radius 3 is 2.05 bits per heavy atom. The van der Waals surface area contributed by atoms with E-state index in [2.05, 4.69) is 41.9 Å². The number of hydrogen-bond acceptors (Lipinski definition) is 9. The van der Waals surface area contributed by atoms with Crippen LogP contribution < -0.4 is 16.0 Å². The Bertz CT molecular complexity index is 1230. The van der Waals surface area contributed by atoms with E-state index in [-0.39, 0.29) is 5.92 Å². The van der Waals surface area contributed by atoms with Gasteiger partial charge in [-0.2, -0.15) is 20.2 Å². The van der Waals surface area contributed by atoms with Gasteiger partial charge < -0.3 is 26.0 Å². The first-order valence-corrected chi connectivity index (χ1v) is 14.5. The summed E-state index contributed by atoms with van der Waals surface area (Å²) in [5, 5.41) is 31.6. The molecule has 0 radical (unpaired) electrons. The van der Waals surface area contributed by atoms with E-state index >= 15 is 0 Å². The Kier molecular flexibility index (Phi) is 8.78. The van der Waals surface area contributed by atoms with Crippen LogP contribution in [-0.2, 0) is 5.60 Å². The van der Waals surface area contributed by atoms with Crippen LogP contribution in [0.5, 0.6) is 0 Å². The lowest BCUT2D eigenvalue weighted by atomic mass is 9.72. The van der Waals surface area contributed by atoms with E-state index in [0.29, 0.717) is 24.4 Å². The number of nitrogens with one attached hydrogen (secondary N) is 3. The zero-order valence-electron chi connectivity index (χ0n) is 23.3. The van der Waals surface area contributed by atoms with Gasteiger partial charge in [0.05, 0.1) is 6.07 Å². The van der Waals surface area contributed by atoms with Crippen LogP contribution in [0.25, 0.3) is 0 Å². The van der Waals surface area contributed by atoms with Crippen molar-refractivity contribution in [1.29, 1.82) is 5.26 Å². The highest BCUT2D eigenvalue weighted by Crippen LogP contribution is 2.41. The van der Waals surface area contributed by atoms with Crippen LogP contribution in [0.4, 0.5) is 17.8 Å². The number of aliphatic hydroxyl groups is 1. The second-order valence-corrected chi connectivity index (χ2v) is 11.0. The van der Waals surface area contributed by atoms with Crippen LogP contribution in [0.15, 0.2) is 60.7 Å². The average Bonchev–Trinajstić information content (AvgIpc) is 3.02. The number of hydrogen-bond donors (Lipinski definition) is 4. The van der Waals surface area contributed by atoms with Crippen molar-refractivity contribution in [1.82, 2.24) is 19.9 Å². The fourth-order valence-corrected chi connectivity index (χ4v) is 6.18. The van der Waals surface area contributed by atoms with Gasteiger partial charge in [0, 0.05) is 20.1 Å². The third kappa shape index (κ3) is 6.19. The molecule has 1 aromatic heterocycles. The fourth-order valence-electron chi connectivity index (χ4n) is 6.18. The second kappa shape index (κ2) is 12.6. The molecule has 210 valence electrons. The Hall–Kier alpha value is -3.74. The summed E-state index contributed by atoms with van der Waals surface area (Å²) in [4.78, 5) is 15.9. The summed E-state index contributed by atoms with van der Waals surface area (Å²) >= 11 is 0. The molecular formula is C31H40N8O. The number of rotatable bonds is 10. The first-order chi connectivity index (χ1) is 19.5. The summed E-state index contributed by atoms with van der Waals surface area (Å²) in [6, 6.07) is 22.6. The Morgan fingerprint density at radius 1 is 0.900 bits per heavy atom. The summed E-state index contributed by atoms with van der Waals surface area (Å²) in [5.74, 6) is 1.50. The van der Waals surface area contributed by atoms with E-state index in [1.165, 1.54) is 0 Å². The molecule has 3 aromatic rings. The molecule has 0 atom stereocenters. The molecule has 5 rings (SSSR count). The SMILES string of the molecule is CNc1nc(NCCN2CCC(C(O)(c3ccccc3)c3ccccc3)CC2)nc(NC2(C#N)CCCCC2)n1. The van der Waals surface area contributed by atoms with Crippen LogP contribution >= 0.6 is 0 Å². The molecule has 2 heterocycles. The highest BCUT2D eigenvalue weighted by atomic mass is 16.3. The molecule has 1 saturated carbocycles. The van der Waals surface area contributed by atoms with Gasteiger partial charge in [0.15, 0.2) is 0 Å². The molecule has 9 heteroatoms. The lowest BCUT2D eigenvalue weighted by molar-refractivity contribution is -0.0136. The highest BCUT2D eigenvalue weighted by Gasteiger charge is 2.41. The smallest absolute Gasteiger partial charge is 0.230 e. The van der Waals surface area contributed by atoms with Crippen molar-refractivity contribution in [3.05, 3.63) is 71.8 Å². The van der Waals surface area contributed by atoms with Crippen LogP contribution in [0.2, 0.25) is 0 Å². The summed E-state index contributed by atoms with van der Waals surface area (Å²) < 4.78 is 0. The maximum Gasteiger partial charge on any atom is 0.230 e. The first-order valence-electron chi connectivity index (χ1n) is 14.5. The van der Waals surface area contributed by atoms with Gasteiger partial charge in [0.2, 0.25) is 17.8 Å². The van der Waals surface area contributed by atoms with E-state index in [1.54, 1.807) is 7.05 Å². The number of benzene rings is 2. The molecule has 2 aliphatic rings. The summed E-state index contributed by atoms with van der Waals surface area (Å²) in [6.45, 7) is 3.34. The molecule has 4 N–H and O–H groups in total. The van der Waals surface area contributed by atoms with Gasteiger partial charge in [0.25, 0.3) is 0 Å². The van der Waals surface area contributed by atoms with E-state index in [1.807, 2.05) is 60.7 Å². The molecule has 1 aliphatic carbocycles. The van der Waals surface area contributed by atoms with Crippen molar-refractivity contribution in [2.75, 3.05) is 49.2 Å². The third-order valence-electron chi connectivity index (χ3n) is 8.45. The van der Waals surface area contributed by atoms with Gasteiger partial charge >= 0.3 is 0 Å². The minimum absolute atomic E-state index is 0.129. The monoisotopic (exact) mass is 540 g/mol. The lowest BCUT2D eigenvalue weighted by Gasteiger charge is -2.42. The number of nitrogens with zero attached hydrogens (tertiary/aromatic N) is 5. The van der Waals surface area contributed by atoms with E-state index in [0.717, 1.165) is 75.7 Å². The van der Waals surface area contributed by atoms with Crippen LogP contribution in [0, 0.1) is 17.2 Å². The molecule has 0 unspecified atom stereocenters. The molecule has 2 aromatic carbocycles.